The Morgan fingerprint density at radius 1 is 0.541 bits per heavy atom. The maximum absolute atomic E-state index is 3.89. The largest absolute Gasteiger partial charge is 0.0654 e. The first-order valence-electron chi connectivity index (χ1n) is 14.8. The smallest absolute Gasteiger partial charge is 0.0253 e. The van der Waals surface area contributed by atoms with E-state index in [0.29, 0.717) is 0 Å². The monoisotopic (exact) mass is 622 g/mol. The van der Waals surface area contributed by atoms with Crippen LogP contribution in [0.3, 0.4) is 0 Å². The summed E-state index contributed by atoms with van der Waals surface area (Å²) >= 11 is 7.74. The number of rotatable bonds is 15. The fourth-order valence-electron chi connectivity index (χ4n) is 6.54. The molecule has 0 aliphatic heterocycles. The second kappa shape index (κ2) is 14.1. The van der Waals surface area contributed by atoms with Crippen molar-refractivity contribution in [3.05, 3.63) is 80.7 Å². The van der Waals surface area contributed by atoms with Gasteiger partial charge in [-0.15, -0.1) is 0 Å². The van der Waals surface area contributed by atoms with Crippen molar-refractivity contribution >= 4 is 31.9 Å². The molecule has 0 amide bonds. The van der Waals surface area contributed by atoms with E-state index >= 15 is 0 Å². The molecule has 2 heteroatoms. The van der Waals surface area contributed by atoms with Gasteiger partial charge in [-0.25, -0.2) is 0 Å². The third-order valence-electron chi connectivity index (χ3n) is 8.41. The molecule has 37 heavy (non-hydrogen) atoms. The molecule has 0 aromatic heterocycles. The predicted octanol–water partition coefficient (Wildman–Crippen LogP) is 12.6. The van der Waals surface area contributed by atoms with E-state index in [1.54, 1.807) is 11.1 Å². The van der Waals surface area contributed by atoms with Crippen molar-refractivity contribution in [3.63, 3.8) is 0 Å². The maximum atomic E-state index is 3.89. The first kappa shape index (κ1) is 28.6. The number of halogens is 2. The van der Waals surface area contributed by atoms with Gasteiger partial charge in [-0.2, -0.15) is 0 Å². The lowest BCUT2D eigenvalue weighted by Crippen LogP contribution is -2.26. The van der Waals surface area contributed by atoms with Crippen molar-refractivity contribution in [2.75, 3.05) is 0 Å². The van der Waals surface area contributed by atoms with Crippen LogP contribution in [0.1, 0.15) is 115 Å². The van der Waals surface area contributed by atoms with Crippen molar-refractivity contribution in [3.8, 4) is 22.3 Å². The lowest BCUT2D eigenvalue weighted by atomic mass is 9.68. The van der Waals surface area contributed by atoms with E-state index in [0.717, 1.165) is 0 Å². The molecule has 0 nitrogen and oxygen atoms in total. The van der Waals surface area contributed by atoms with Crippen molar-refractivity contribution < 1.29 is 0 Å². The van der Waals surface area contributed by atoms with Gasteiger partial charge in [-0.3, -0.25) is 0 Å². The highest BCUT2D eigenvalue weighted by Gasteiger charge is 2.44. The van der Waals surface area contributed by atoms with Gasteiger partial charge in [0.15, 0.2) is 0 Å². The molecule has 0 atom stereocenters. The average Bonchev–Trinajstić information content (AvgIpc) is 3.18. The Morgan fingerprint density at radius 3 is 1.70 bits per heavy atom. The Bertz CT molecular complexity index is 1130. The molecule has 0 spiro atoms. The predicted molar refractivity (Wildman–Crippen MR) is 169 cm³/mol. The SMILES string of the molecule is CCCCCCCCC1(CCCCCCCC)c2cc(Br)ccc2-c2cccc(-c3ccccc3Br)c21. The topological polar surface area (TPSA) is 0 Å². The Labute approximate surface area is 242 Å². The van der Waals surface area contributed by atoms with Crippen LogP contribution in [-0.2, 0) is 5.41 Å². The molecule has 0 N–H and O–H groups in total. The molecule has 3 aromatic rings. The highest BCUT2D eigenvalue weighted by molar-refractivity contribution is 9.10. The number of unbranched alkanes of at least 4 members (excludes halogenated alkanes) is 10. The molecule has 0 radical (unpaired) electrons. The van der Waals surface area contributed by atoms with E-state index in [2.05, 4.69) is 106 Å². The zero-order valence-electron chi connectivity index (χ0n) is 22.9. The second-order valence-electron chi connectivity index (χ2n) is 11.0. The third kappa shape index (κ3) is 6.62. The molecule has 0 unspecified atom stereocenters. The molecular weight excluding hydrogens is 580 g/mol. The van der Waals surface area contributed by atoms with Gasteiger partial charge in [-0.1, -0.05) is 165 Å². The first-order chi connectivity index (χ1) is 18.1. The van der Waals surface area contributed by atoms with E-state index in [9.17, 15) is 0 Å². The standard InChI is InChI=1S/C35H44Br2/c1-3-5-7-9-11-15-24-35(25-16-12-10-8-6-4-2)32-26-27(36)22-23-28(32)30-19-17-20-31(34(30)35)29-18-13-14-21-33(29)37/h13-14,17-23,26H,3-12,15-16,24-25H2,1-2H3. The highest BCUT2D eigenvalue weighted by Crippen LogP contribution is 2.57. The van der Waals surface area contributed by atoms with Crippen molar-refractivity contribution in [1.29, 1.82) is 0 Å². The summed E-state index contributed by atoms with van der Waals surface area (Å²) in [6, 6.07) is 22.9. The second-order valence-corrected chi connectivity index (χ2v) is 12.8. The fourth-order valence-corrected chi connectivity index (χ4v) is 7.40. The lowest BCUT2D eigenvalue weighted by molar-refractivity contribution is 0.398. The number of hydrogen-bond acceptors (Lipinski definition) is 0. The van der Waals surface area contributed by atoms with Gasteiger partial charge in [0.1, 0.15) is 0 Å². The minimum Gasteiger partial charge on any atom is -0.0654 e. The summed E-state index contributed by atoms with van der Waals surface area (Å²) in [5, 5.41) is 0. The average molecular weight is 625 g/mol. The van der Waals surface area contributed by atoms with Crippen LogP contribution in [-0.4, -0.2) is 0 Å². The van der Waals surface area contributed by atoms with Gasteiger partial charge < -0.3 is 0 Å². The Kier molecular flexibility index (Phi) is 10.9. The summed E-state index contributed by atoms with van der Waals surface area (Å²) in [6.45, 7) is 4.62. The summed E-state index contributed by atoms with van der Waals surface area (Å²) in [7, 11) is 0. The minimum absolute atomic E-state index is 0.0792. The van der Waals surface area contributed by atoms with E-state index in [1.165, 1.54) is 121 Å². The van der Waals surface area contributed by atoms with Crippen molar-refractivity contribution in [1.82, 2.24) is 0 Å². The highest BCUT2D eigenvalue weighted by atomic mass is 79.9. The molecular formula is C35H44Br2. The molecule has 0 saturated carbocycles. The maximum Gasteiger partial charge on any atom is 0.0253 e. The Hall–Kier alpha value is -1.38. The molecule has 4 rings (SSSR count). The van der Waals surface area contributed by atoms with E-state index in [1.807, 2.05) is 0 Å². The normalized spacial score (nSPS) is 13.5. The first-order valence-corrected chi connectivity index (χ1v) is 16.4. The van der Waals surface area contributed by atoms with Crippen LogP contribution in [0.15, 0.2) is 69.6 Å². The Morgan fingerprint density at radius 2 is 1.08 bits per heavy atom. The summed E-state index contributed by atoms with van der Waals surface area (Å²) < 4.78 is 2.39. The molecule has 0 fully saturated rings. The summed E-state index contributed by atoms with van der Waals surface area (Å²) in [5.41, 5.74) is 8.85. The van der Waals surface area contributed by atoms with Gasteiger partial charge in [0, 0.05) is 14.4 Å². The lowest BCUT2D eigenvalue weighted by Gasteiger charge is -2.35. The third-order valence-corrected chi connectivity index (χ3v) is 9.59. The summed E-state index contributed by atoms with van der Waals surface area (Å²) in [6.07, 6.45) is 18.6. The zero-order chi connectivity index (χ0) is 26.1. The quantitative estimate of drug-likeness (QED) is 0.148. The molecule has 0 bridgehead atoms. The van der Waals surface area contributed by atoms with Gasteiger partial charge in [-0.05, 0) is 64.4 Å². The van der Waals surface area contributed by atoms with E-state index in [4.69, 9.17) is 0 Å². The van der Waals surface area contributed by atoms with Crippen molar-refractivity contribution in [2.45, 2.75) is 109 Å². The van der Waals surface area contributed by atoms with E-state index < -0.39 is 0 Å². The van der Waals surface area contributed by atoms with Crippen LogP contribution in [0.5, 0.6) is 0 Å². The van der Waals surface area contributed by atoms with Crippen LogP contribution in [0.4, 0.5) is 0 Å². The minimum atomic E-state index is 0.0792. The van der Waals surface area contributed by atoms with Crippen LogP contribution >= 0.6 is 31.9 Å². The van der Waals surface area contributed by atoms with Gasteiger partial charge in [0.05, 0.1) is 0 Å². The zero-order valence-corrected chi connectivity index (χ0v) is 26.1. The Balaban J connectivity index is 1.76. The van der Waals surface area contributed by atoms with Crippen LogP contribution in [0.2, 0.25) is 0 Å². The molecule has 3 aromatic carbocycles. The molecule has 1 aliphatic rings. The van der Waals surface area contributed by atoms with Crippen LogP contribution in [0.25, 0.3) is 22.3 Å². The number of hydrogen-bond donors (Lipinski definition) is 0. The molecule has 1 aliphatic carbocycles. The molecule has 198 valence electrons. The fraction of sp³-hybridized carbons (Fsp3) is 0.486. The summed E-state index contributed by atoms with van der Waals surface area (Å²) in [4.78, 5) is 0. The van der Waals surface area contributed by atoms with Gasteiger partial charge in [0.25, 0.3) is 0 Å². The van der Waals surface area contributed by atoms with Gasteiger partial charge >= 0.3 is 0 Å². The van der Waals surface area contributed by atoms with Gasteiger partial charge in [0.2, 0.25) is 0 Å². The van der Waals surface area contributed by atoms with Crippen LogP contribution in [0, 0.1) is 0 Å². The van der Waals surface area contributed by atoms with Crippen LogP contribution < -0.4 is 0 Å². The number of fused-ring (bicyclic) bond motifs is 3. The van der Waals surface area contributed by atoms with E-state index in [-0.39, 0.29) is 5.41 Å². The molecule has 0 saturated heterocycles. The van der Waals surface area contributed by atoms with Crippen molar-refractivity contribution in [2.24, 2.45) is 0 Å². The molecule has 0 heterocycles. The number of benzene rings is 3. The summed E-state index contributed by atoms with van der Waals surface area (Å²) in [5.74, 6) is 0.